The zero-order chi connectivity index (χ0) is 16.5. The summed E-state index contributed by atoms with van der Waals surface area (Å²) in [7, 11) is 0. The summed E-state index contributed by atoms with van der Waals surface area (Å²) in [6.45, 7) is 0. The first-order chi connectivity index (χ1) is 11.7. The summed E-state index contributed by atoms with van der Waals surface area (Å²) in [5.41, 5.74) is 1.82. The standard InChI is InChI=1S/C17H14ClN5O/c18-12-3-1-11(2-4-12)14-7-15(14)17(24)22-13-5-6-16(20-8-13)23-10-19-9-21-23/h1-6,8-10,14-15H,7H2,(H,22,24)/t14-,15+/m0/s1. The Bertz CT molecular complexity index is 846. The van der Waals surface area contributed by atoms with Crippen LogP contribution in [0.5, 0.6) is 0 Å². The van der Waals surface area contributed by atoms with Crippen LogP contribution in [0.3, 0.4) is 0 Å². The second kappa shape index (κ2) is 6.05. The predicted molar refractivity (Wildman–Crippen MR) is 90.1 cm³/mol. The second-order valence-corrected chi connectivity index (χ2v) is 6.17. The maximum absolute atomic E-state index is 12.3. The van der Waals surface area contributed by atoms with E-state index in [9.17, 15) is 4.79 Å². The van der Waals surface area contributed by atoms with Crippen LogP contribution in [0.4, 0.5) is 5.69 Å². The van der Waals surface area contributed by atoms with Crippen molar-refractivity contribution in [1.82, 2.24) is 19.7 Å². The van der Waals surface area contributed by atoms with Gasteiger partial charge in [-0.3, -0.25) is 4.79 Å². The van der Waals surface area contributed by atoms with E-state index in [-0.39, 0.29) is 17.7 Å². The van der Waals surface area contributed by atoms with Gasteiger partial charge < -0.3 is 5.32 Å². The van der Waals surface area contributed by atoms with E-state index in [4.69, 9.17) is 11.6 Å². The molecule has 2 aromatic heterocycles. The summed E-state index contributed by atoms with van der Waals surface area (Å²) in [5.74, 6) is 0.937. The third-order valence-corrected chi connectivity index (χ3v) is 4.35. The van der Waals surface area contributed by atoms with Gasteiger partial charge in [0, 0.05) is 10.9 Å². The van der Waals surface area contributed by atoms with E-state index in [1.54, 1.807) is 23.3 Å². The van der Waals surface area contributed by atoms with Crippen LogP contribution in [0, 0.1) is 5.92 Å². The molecule has 0 radical (unpaired) electrons. The molecule has 0 spiro atoms. The van der Waals surface area contributed by atoms with E-state index in [1.165, 1.54) is 6.33 Å². The van der Waals surface area contributed by atoms with Crippen LogP contribution >= 0.6 is 11.6 Å². The van der Waals surface area contributed by atoms with Crippen LogP contribution in [-0.4, -0.2) is 25.7 Å². The lowest BCUT2D eigenvalue weighted by atomic mass is 10.1. The molecular weight excluding hydrogens is 326 g/mol. The van der Waals surface area contributed by atoms with E-state index >= 15 is 0 Å². The molecule has 1 fully saturated rings. The van der Waals surface area contributed by atoms with Crippen molar-refractivity contribution in [1.29, 1.82) is 0 Å². The molecule has 0 bridgehead atoms. The van der Waals surface area contributed by atoms with Crippen molar-refractivity contribution in [3.63, 3.8) is 0 Å². The zero-order valence-corrected chi connectivity index (χ0v) is 13.4. The molecule has 6 nitrogen and oxygen atoms in total. The summed E-state index contributed by atoms with van der Waals surface area (Å²) >= 11 is 5.90. The maximum Gasteiger partial charge on any atom is 0.228 e. The largest absolute Gasteiger partial charge is 0.324 e. The van der Waals surface area contributed by atoms with E-state index in [1.807, 2.05) is 30.3 Å². The van der Waals surface area contributed by atoms with Crippen LogP contribution < -0.4 is 5.32 Å². The molecule has 0 aliphatic heterocycles. The Morgan fingerprint density at radius 3 is 2.71 bits per heavy atom. The molecule has 0 saturated heterocycles. The van der Waals surface area contributed by atoms with Gasteiger partial charge >= 0.3 is 0 Å². The molecule has 1 N–H and O–H groups in total. The van der Waals surface area contributed by atoms with Gasteiger partial charge in [-0.25, -0.2) is 14.6 Å². The number of carbonyl (C=O) groups is 1. The van der Waals surface area contributed by atoms with Crippen molar-refractivity contribution >= 4 is 23.2 Å². The minimum absolute atomic E-state index is 0.00108. The number of anilines is 1. The number of carbonyl (C=O) groups excluding carboxylic acids is 1. The highest BCUT2D eigenvalue weighted by molar-refractivity contribution is 6.30. The summed E-state index contributed by atoms with van der Waals surface area (Å²) < 4.78 is 1.56. The van der Waals surface area contributed by atoms with Gasteiger partial charge in [0.2, 0.25) is 5.91 Å². The van der Waals surface area contributed by atoms with Crippen LogP contribution in [0.15, 0.2) is 55.2 Å². The summed E-state index contributed by atoms with van der Waals surface area (Å²) in [6.07, 6.45) is 5.50. The lowest BCUT2D eigenvalue weighted by Crippen LogP contribution is -2.15. The molecule has 1 aliphatic rings. The minimum Gasteiger partial charge on any atom is -0.324 e. The second-order valence-electron chi connectivity index (χ2n) is 5.73. The average Bonchev–Trinajstić information content (AvgIpc) is 3.21. The molecule has 2 atom stereocenters. The minimum atomic E-state index is 0.00108. The average molecular weight is 340 g/mol. The number of hydrogen-bond donors (Lipinski definition) is 1. The van der Waals surface area contributed by atoms with Crippen molar-refractivity contribution in [3.05, 3.63) is 65.8 Å². The molecule has 1 aromatic carbocycles. The summed E-state index contributed by atoms with van der Waals surface area (Å²) in [6, 6.07) is 11.3. The van der Waals surface area contributed by atoms with Crippen LogP contribution in [0.2, 0.25) is 5.02 Å². The number of nitrogens with one attached hydrogen (secondary N) is 1. The molecule has 1 aliphatic carbocycles. The highest BCUT2D eigenvalue weighted by Crippen LogP contribution is 2.48. The highest BCUT2D eigenvalue weighted by atomic mass is 35.5. The number of halogens is 1. The van der Waals surface area contributed by atoms with Crippen LogP contribution in [0.1, 0.15) is 17.9 Å². The Morgan fingerprint density at radius 2 is 2.04 bits per heavy atom. The fourth-order valence-electron chi connectivity index (χ4n) is 2.72. The van der Waals surface area contributed by atoms with Gasteiger partial charge in [-0.2, -0.15) is 5.10 Å². The first-order valence-electron chi connectivity index (χ1n) is 7.58. The molecule has 1 saturated carbocycles. The monoisotopic (exact) mass is 339 g/mol. The third-order valence-electron chi connectivity index (χ3n) is 4.09. The Balaban J connectivity index is 1.39. The molecule has 120 valence electrons. The molecule has 24 heavy (non-hydrogen) atoms. The maximum atomic E-state index is 12.3. The SMILES string of the molecule is O=C(Nc1ccc(-n2cncn2)nc1)[C@@H]1C[C@H]1c1ccc(Cl)cc1. The van der Waals surface area contributed by atoms with E-state index in [2.05, 4.69) is 20.4 Å². The molecule has 7 heteroatoms. The normalized spacial score (nSPS) is 19.0. The van der Waals surface area contributed by atoms with Crippen molar-refractivity contribution in [2.45, 2.75) is 12.3 Å². The number of hydrogen-bond acceptors (Lipinski definition) is 4. The van der Waals surface area contributed by atoms with Gasteiger partial charge in [-0.05, 0) is 42.2 Å². The first-order valence-corrected chi connectivity index (χ1v) is 7.96. The fraction of sp³-hybridized carbons (Fsp3) is 0.176. The van der Waals surface area contributed by atoms with Gasteiger partial charge in [0.25, 0.3) is 0 Å². The Kier molecular flexibility index (Phi) is 3.74. The number of aromatic nitrogens is 4. The van der Waals surface area contributed by atoms with Gasteiger partial charge in [-0.15, -0.1) is 0 Å². The van der Waals surface area contributed by atoms with Crippen molar-refractivity contribution in [2.24, 2.45) is 5.92 Å². The van der Waals surface area contributed by atoms with E-state index in [0.717, 1.165) is 12.0 Å². The number of benzene rings is 1. The third kappa shape index (κ3) is 3.00. The Morgan fingerprint density at radius 1 is 1.21 bits per heavy atom. The molecule has 2 heterocycles. The smallest absolute Gasteiger partial charge is 0.228 e. The van der Waals surface area contributed by atoms with Crippen molar-refractivity contribution in [2.75, 3.05) is 5.32 Å². The fourth-order valence-corrected chi connectivity index (χ4v) is 2.85. The molecule has 4 rings (SSSR count). The molecular formula is C17H14ClN5O. The van der Waals surface area contributed by atoms with Crippen molar-refractivity contribution in [3.8, 4) is 5.82 Å². The predicted octanol–water partition coefficient (Wildman–Crippen LogP) is 3.06. The summed E-state index contributed by atoms with van der Waals surface area (Å²) in [5, 5.41) is 7.63. The zero-order valence-electron chi connectivity index (χ0n) is 12.6. The first kappa shape index (κ1) is 14.8. The van der Waals surface area contributed by atoms with Gasteiger partial charge in [0.05, 0.1) is 11.9 Å². The number of pyridine rings is 1. The Hall–Kier alpha value is -2.73. The van der Waals surface area contributed by atoms with Crippen LogP contribution in [0.25, 0.3) is 5.82 Å². The van der Waals surface area contributed by atoms with E-state index < -0.39 is 0 Å². The van der Waals surface area contributed by atoms with E-state index in [0.29, 0.717) is 16.5 Å². The molecule has 0 unspecified atom stereocenters. The van der Waals surface area contributed by atoms with Gasteiger partial charge in [0.1, 0.15) is 12.7 Å². The number of amides is 1. The quantitative estimate of drug-likeness (QED) is 0.793. The van der Waals surface area contributed by atoms with Crippen molar-refractivity contribution < 1.29 is 4.79 Å². The lowest BCUT2D eigenvalue weighted by molar-refractivity contribution is -0.117. The lowest BCUT2D eigenvalue weighted by Gasteiger charge is -2.06. The highest BCUT2D eigenvalue weighted by Gasteiger charge is 2.43. The van der Waals surface area contributed by atoms with Crippen LogP contribution in [-0.2, 0) is 4.79 Å². The van der Waals surface area contributed by atoms with Gasteiger partial charge in [0.15, 0.2) is 5.82 Å². The number of nitrogens with zero attached hydrogens (tertiary/aromatic N) is 4. The summed E-state index contributed by atoms with van der Waals surface area (Å²) in [4.78, 5) is 20.5. The molecule has 1 amide bonds. The number of rotatable bonds is 4. The van der Waals surface area contributed by atoms with Gasteiger partial charge in [-0.1, -0.05) is 23.7 Å². The topological polar surface area (TPSA) is 72.7 Å². The Labute approximate surface area is 143 Å². The molecule has 3 aromatic rings.